The molecule has 2 N–H and O–H groups in total. The predicted molar refractivity (Wildman–Crippen MR) is 140 cm³/mol. The number of methoxy groups -OCH3 is 1. The molecule has 9 heteroatoms. The van der Waals surface area contributed by atoms with Gasteiger partial charge in [0, 0.05) is 38.4 Å². The molecule has 0 aliphatic carbocycles. The van der Waals surface area contributed by atoms with Crippen LogP contribution in [0, 0.1) is 0 Å². The van der Waals surface area contributed by atoms with Crippen LogP contribution in [0.25, 0.3) is 11.0 Å². The second kappa shape index (κ2) is 12.1. The van der Waals surface area contributed by atoms with Crippen LogP contribution in [0.1, 0.15) is 24.7 Å². The van der Waals surface area contributed by atoms with Crippen molar-refractivity contribution in [3.8, 4) is 23.0 Å². The molecular formula is C28H31N3O6. The maximum Gasteiger partial charge on any atom is 0.306 e. The van der Waals surface area contributed by atoms with E-state index in [0.717, 1.165) is 22.4 Å². The van der Waals surface area contributed by atoms with Crippen LogP contribution in [0.4, 0.5) is 5.69 Å². The van der Waals surface area contributed by atoms with E-state index in [0.29, 0.717) is 41.7 Å². The Kier molecular flexibility index (Phi) is 8.48. The van der Waals surface area contributed by atoms with E-state index in [1.54, 1.807) is 32.2 Å². The average molecular weight is 506 g/mol. The number of hydrogen-bond donors (Lipinski definition) is 1. The molecule has 9 nitrogen and oxygen atoms in total. The summed E-state index contributed by atoms with van der Waals surface area (Å²) in [6, 6.07) is 18.5. The number of fused-ring (bicyclic) bond motifs is 1. The Hall–Kier alpha value is -4.24. The highest BCUT2D eigenvalue weighted by Gasteiger charge is 2.13. The summed E-state index contributed by atoms with van der Waals surface area (Å²) < 4.78 is 29.8. The molecule has 0 unspecified atom stereocenters. The average Bonchev–Trinajstić information content (AvgIpc) is 3.21. The van der Waals surface area contributed by atoms with Crippen molar-refractivity contribution >= 4 is 22.7 Å². The van der Waals surface area contributed by atoms with Crippen molar-refractivity contribution in [1.29, 1.82) is 0 Å². The zero-order chi connectivity index (χ0) is 26.2. The Balaban J connectivity index is 1.46. The van der Waals surface area contributed by atoms with E-state index < -0.39 is 0 Å². The topological polar surface area (TPSA) is 107 Å². The molecule has 0 aliphatic rings. The van der Waals surface area contributed by atoms with Crippen LogP contribution < -0.4 is 19.9 Å². The highest BCUT2D eigenvalue weighted by molar-refractivity contribution is 5.78. The molecule has 4 aromatic rings. The molecule has 0 bridgehead atoms. The molecule has 1 heterocycles. The molecule has 0 radical (unpaired) electrons. The van der Waals surface area contributed by atoms with Crippen molar-refractivity contribution in [3.05, 3.63) is 72.1 Å². The molecule has 0 spiro atoms. The number of hydrogen-bond acceptors (Lipinski definition) is 8. The molecule has 194 valence electrons. The number of nitrogens with zero attached hydrogens (tertiary/aromatic N) is 2. The van der Waals surface area contributed by atoms with E-state index in [2.05, 4.69) is 0 Å². The number of nitrogen functional groups attached to an aromatic ring is 1. The van der Waals surface area contributed by atoms with Gasteiger partial charge in [-0.3, -0.25) is 4.79 Å². The van der Waals surface area contributed by atoms with Crippen LogP contribution in [-0.4, -0.2) is 36.0 Å². The third-order valence-corrected chi connectivity index (χ3v) is 5.70. The van der Waals surface area contributed by atoms with Gasteiger partial charge in [0.15, 0.2) is 6.79 Å². The number of benzene rings is 3. The molecule has 0 saturated carbocycles. The van der Waals surface area contributed by atoms with Crippen molar-refractivity contribution in [2.24, 2.45) is 7.05 Å². The number of esters is 1. The van der Waals surface area contributed by atoms with Gasteiger partial charge in [-0.15, -0.1) is 0 Å². The van der Waals surface area contributed by atoms with E-state index in [1.165, 1.54) is 0 Å². The first-order chi connectivity index (χ1) is 18.0. The Morgan fingerprint density at radius 2 is 1.73 bits per heavy atom. The van der Waals surface area contributed by atoms with Crippen molar-refractivity contribution < 1.29 is 28.5 Å². The van der Waals surface area contributed by atoms with Gasteiger partial charge >= 0.3 is 5.97 Å². The molecule has 0 atom stereocenters. The van der Waals surface area contributed by atoms with Gasteiger partial charge in [-0.1, -0.05) is 6.07 Å². The number of aromatic nitrogens is 2. The summed E-state index contributed by atoms with van der Waals surface area (Å²) in [7, 11) is 3.49. The summed E-state index contributed by atoms with van der Waals surface area (Å²) in [4.78, 5) is 16.5. The smallest absolute Gasteiger partial charge is 0.306 e. The number of carbonyl (C=O) groups excluding carboxylic acids is 1. The first kappa shape index (κ1) is 25.8. The van der Waals surface area contributed by atoms with Gasteiger partial charge in [0.1, 0.15) is 35.4 Å². The Morgan fingerprint density at radius 3 is 2.49 bits per heavy atom. The SMILES string of the molecule is CCOC(=O)CCc1ccc(OCc2nc3ccc(Oc4ccc(N)cc4)cc3n2C)cc1OCOC. The van der Waals surface area contributed by atoms with Crippen molar-refractivity contribution in [3.63, 3.8) is 0 Å². The lowest BCUT2D eigenvalue weighted by Gasteiger charge is -2.13. The number of carbonyl (C=O) groups is 1. The lowest BCUT2D eigenvalue weighted by atomic mass is 10.1. The van der Waals surface area contributed by atoms with Gasteiger partial charge in [-0.05, 0) is 61.4 Å². The second-order valence-electron chi connectivity index (χ2n) is 8.32. The largest absolute Gasteiger partial charge is 0.486 e. The van der Waals surface area contributed by atoms with Crippen molar-refractivity contribution in [1.82, 2.24) is 9.55 Å². The summed E-state index contributed by atoms with van der Waals surface area (Å²) in [5, 5.41) is 0. The van der Waals surface area contributed by atoms with Crippen LogP contribution >= 0.6 is 0 Å². The standard InChI is InChI=1S/C28H31N3O6/c1-4-34-28(32)14-6-19-5-9-22(16-26(19)36-18-33-3)35-17-27-30-24-13-12-23(15-25(24)31(27)2)37-21-10-7-20(29)8-11-21/h5,7-13,15-16H,4,6,14,17-18,29H2,1-3H3. The maximum atomic E-state index is 11.8. The lowest BCUT2D eigenvalue weighted by Crippen LogP contribution is -2.08. The normalized spacial score (nSPS) is 10.9. The number of rotatable bonds is 12. The summed E-state index contributed by atoms with van der Waals surface area (Å²) in [5.74, 6) is 3.13. The van der Waals surface area contributed by atoms with Crippen LogP contribution in [0.3, 0.4) is 0 Å². The quantitative estimate of drug-likeness (QED) is 0.163. The molecular weight excluding hydrogens is 474 g/mol. The maximum absolute atomic E-state index is 11.8. The highest BCUT2D eigenvalue weighted by Crippen LogP contribution is 2.29. The Bertz CT molecular complexity index is 1350. The van der Waals surface area contributed by atoms with Crippen LogP contribution in [0.15, 0.2) is 60.7 Å². The molecule has 0 fully saturated rings. The molecule has 1 aromatic heterocycles. The van der Waals surface area contributed by atoms with Crippen molar-refractivity contribution in [2.75, 3.05) is 26.2 Å². The first-order valence-corrected chi connectivity index (χ1v) is 12.0. The van der Waals surface area contributed by atoms with E-state index >= 15 is 0 Å². The minimum absolute atomic E-state index is 0.0847. The number of nitrogens with two attached hydrogens (primary N) is 1. The fraction of sp³-hybridized carbons (Fsp3) is 0.286. The van der Waals surface area contributed by atoms with Crippen LogP contribution in [0.5, 0.6) is 23.0 Å². The zero-order valence-electron chi connectivity index (χ0n) is 21.2. The number of imidazole rings is 1. The minimum Gasteiger partial charge on any atom is -0.486 e. The minimum atomic E-state index is -0.246. The molecule has 0 aliphatic heterocycles. The zero-order valence-corrected chi connectivity index (χ0v) is 21.2. The Labute approximate surface area is 215 Å². The first-order valence-electron chi connectivity index (χ1n) is 12.0. The fourth-order valence-corrected chi connectivity index (χ4v) is 3.79. The molecule has 4 rings (SSSR count). The van der Waals surface area contributed by atoms with Gasteiger partial charge in [0.2, 0.25) is 0 Å². The number of anilines is 1. The second-order valence-corrected chi connectivity index (χ2v) is 8.32. The summed E-state index contributed by atoms with van der Waals surface area (Å²) >= 11 is 0. The third-order valence-electron chi connectivity index (χ3n) is 5.70. The van der Waals surface area contributed by atoms with Gasteiger partial charge < -0.3 is 34.0 Å². The molecule has 3 aromatic carbocycles. The van der Waals surface area contributed by atoms with Gasteiger partial charge in [0.25, 0.3) is 0 Å². The lowest BCUT2D eigenvalue weighted by molar-refractivity contribution is -0.143. The summed E-state index contributed by atoms with van der Waals surface area (Å²) in [6.07, 6.45) is 0.755. The molecule has 37 heavy (non-hydrogen) atoms. The monoisotopic (exact) mass is 505 g/mol. The number of aryl methyl sites for hydroxylation is 2. The molecule has 0 amide bonds. The van der Waals surface area contributed by atoms with Gasteiger partial charge in [0.05, 0.1) is 17.6 Å². The summed E-state index contributed by atoms with van der Waals surface area (Å²) in [6.45, 7) is 2.49. The third kappa shape index (κ3) is 6.71. The van der Waals surface area contributed by atoms with E-state index in [4.69, 9.17) is 34.4 Å². The molecule has 0 saturated heterocycles. The van der Waals surface area contributed by atoms with Crippen molar-refractivity contribution in [2.45, 2.75) is 26.4 Å². The Morgan fingerprint density at radius 1 is 0.973 bits per heavy atom. The highest BCUT2D eigenvalue weighted by atomic mass is 16.7. The number of ether oxygens (including phenoxy) is 5. The van der Waals surface area contributed by atoms with E-state index in [-0.39, 0.29) is 25.8 Å². The fourth-order valence-electron chi connectivity index (χ4n) is 3.79. The predicted octanol–water partition coefficient (Wildman–Crippen LogP) is 5.01. The van der Waals surface area contributed by atoms with E-state index in [9.17, 15) is 4.79 Å². The van der Waals surface area contributed by atoms with E-state index in [1.807, 2.05) is 54.1 Å². The summed E-state index contributed by atoms with van der Waals surface area (Å²) in [5.41, 5.74) is 9.06. The van der Waals surface area contributed by atoms with Gasteiger partial charge in [-0.25, -0.2) is 4.98 Å². The van der Waals surface area contributed by atoms with Crippen LogP contribution in [0.2, 0.25) is 0 Å². The van der Waals surface area contributed by atoms with Gasteiger partial charge in [-0.2, -0.15) is 0 Å². The van der Waals surface area contributed by atoms with Crippen LogP contribution in [-0.2, 0) is 34.3 Å².